The Balaban J connectivity index is 2.57. The second-order valence-electron chi connectivity index (χ2n) is 4.83. The number of carbonyl (C=O) groups is 1. The maximum absolute atomic E-state index is 11.6. The Labute approximate surface area is 106 Å². The molecule has 5 heteroatoms. The Kier molecular flexibility index (Phi) is 4.48. The van der Waals surface area contributed by atoms with E-state index in [9.17, 15) is 4.79 Å². The molecule has 0 aromatic carbocycles. The summed E-state index contributed by atoms with van der Waals surface area (Å²) in [6, 6.07) is 2.77. The zero-order valence-electron chi connectivity index (χ0n) is 10.2. The molecule has 0 amide bonds. The first-order valence-electron chi connectivity index (χ1n) is 5.37. The highest BCUT2D eigenvalue weighted by Crippen LogP contribution is 2.11. The number of ether oxygens (including phenoxy) is 1. The van der Waals surface area contributed by atoms with Gasteiger partial charge in [-0.3, -0.25) is 4.79 Å². The molecule has 0 radical (unpaired) electrons. The first-order valence-corrected chi connectivity index (χ1v) is 5.74. The van der Waals surface area contributed by atoms with Gasteiger partial charge >= 0.3 is 5.97 Å². The molecule has 4 nitrogen and oxygen atoms in total. The van der Waals surface area contributed by atoms with Crippen molar-refractivity contribution in [3.8, 4) is 0 Å². The van der Waals surface area contributed by atoms with E-state index in [1.54, 1.807) is 18.3 Å². The van der Waals surface area contributed by atoms with Gasteiger partial charge in [-0.15, -0.1) is 0 Å². The van der Waals surface area contributed by atoms with E-state index in [0.717, 1.165) is 5.56 Å². The highest BCUT2D eigenvalue weighted by atomic mass is 35.5. The Bertz CT molecular complexity index is 384. The normalized spacial score (nSPS) is 13.2. The monoisotopic (exact) mass is 256 g/mol. The first-order chi connectivity index (χ1) is 7.78. The second kappa shape index (κ2) is 5.47. The Morgan fingerprint density at radius 3 is 2.65 bits per heavy atom. The molecule has 0 aliphatic carbocycles. The minimum atomic E-state index is -0.683. The van der Waals surface area contributed by atoms with Crippen molar-refractivity contribution in [1.29, 1.82) is 0 Å². The van der Waals surface area contributed by atoms with Crippen LogP contribution in [0.15, 0.2) is 18.3 Å². The van der Waals surface area contributed by atoms with Gasteiger partial charge in [0.2, 0.25) is 0 Å². The second-order valence-corrected chi connectivity index (χ2v) is 5.22. The lowest BCUT2D eigenvalue weighted by Crippen LogP contribution is -2.38. The molecule has 0 aliphatic rings. The lowest BCUT2D eigenvalue weighted by atomic mass is 10.1. The van der Waals surface area contributed by atoms with Crippen LogP contribution in [0, 0.1) is 0 Å². The van der Waals surface area contributed by atoms with Gasteiger partial charge in [0.1, 0.15) is 16.8 Å². The maximum Gasteiger partial charge on any atom is 0.323 e. The quantitative estimate of drug-likeness (QED) is 0.663. The van der Waals surface area contributed by atoms with Gasteiger partial charge in [-0.05, 0) is 38.8 Å². The summed E-state index contributed by atoms with van der Waals surface area (Å²) in [6.45, 7) is 5.42. The molecule has 1 aromatic rings. The minimum absolute atomic E-state index is 0.388. The highest BCUT2D eigenvalue weighted by molar-refractivity contribution is 6.29. The predicted octanol–water partition coefficient (Wildman–Crippen LogP) is 1.95. The molecule has 0 bridgehead atoms. The number of nitrogens with two attached hydrogens (primary N) is 1. The molecule has 0 saturated heterocycles. The summed E-state index contributed by atoms with van der Waals surface area (Å²) in [5, 5.41) is 0.416. The number of rotatable bonds is 3. The van der Waals surface area contributed by atoms with E-state index in [2.05, 4.69) is 4.98 Å². The molecular formula is C12H17ClN2O2. The molecular weight excluding hydrogens is 240 g/mol. The molecule has 0 spiro atoms. The molecule has 94 valence electrons. The summed E-state index contributed by atoms with van der Waals surface area (Å²) >= 11 is 5.66. The molecule has 17 heavy (non-hydrogen) atoms. The summed E-state index contributed by atoms with van der Waals surface area (Å²) < 4.78 is 5.19. The van der Waals surface area contributed by atoms with Crippen LogP contribution in [-0.2, 0) is 16.0 Å². The lowest BCUT2D eigenvalue weighted by Gasteiger charge is -2.22. The fourth-order valence-corrected chi connectivity index (χ4v) is 1.35. The maximum atomic E-state index is 11.6. The number of hydrogen-bond donors (Lipinski definition) is 1. The van der Waals surface area contributed by atoms with Crippen LogP contribution in [0.25, 0.3) is 0 Å². The Morgan fingerprint density at radius 2 is 2.18 bits per heavy atom. The van der Waals surface area contributed by atoms with Crippen molar-refractivity contribution in [3.63, 3.8) is 0 Å². The van der Waals surface area contributed by atoms with Gasteiger partial charge < -0.3 is 10.5 Å². The third kappa shape index (κ3) is 5.15. The summed E-state index contributed by atoms with van der Waals surface area (Å²) in [5.41, 5.74) is 6.09. The topological polar surface area (TPSA) is 65.2 Å². The number of hydrogen-bond acceptors (Lipinski definition) is 4. The van der Waals surface area contributed by atoms with E-state index in [1.165, 1.54) is 0 Å². The first kappa shape index (κ1) is 13.9. The van der Waals surface area contributed by atoms with Gasteiger partial charge in [0.15, 0.2) is 0 Å². The number of carbonyl (C=O) groups excluding carboxylic acids is 1. The smallest absolute Gasteiger partial charge is 0.323 e. The minimum Gasteiger partial charge on any atom is -0.459 e. The van der Waals surface area contributed by atoms with Crippen molar-refractivity contribution in [2.75, 3.05) is 0 Å². The number of pyridine rings is 1. The fourth-order valence-electron chi connectivity index (χ4n) is 1.24. The fraction of sp³-hybridized carbons (Fsp3) is 0.500. The van der Waals surface area contributed by atoms with Crippen LogP contribution >= 0.6 is 11.6 Å². The van der Waals surface area contributed by atoms with Gasteiger partial charge in [0.25, 0.3) is 0 Å². The largest absolute Gasteiger partial charge is 0.459 e. The van der Waals surface area contributed by atoms with Crippen LogP contribution in [-0.4, -0.2) is 22.6 Å². The number of nitrogens with zero attached hydrogens (tertiary/aromatic N) is 1. The molecule has 1 heterocycles. The molecule has 1 atom stereocenters. The van der Waals surface area contributed by atoms with E-state index in [0.29, 0.717) is 11.6 Å². The van der Waals surface area contributed by atoms with Crippen molar-refractivity contribution in [1.82, 2.24) is 4.98 Å². The van der Waals surface area contributed by atoms with Crippen LogP contribution in [0.2, 0.25) is 5.15 Å². The van der Waals surface area contributed by atoms with Crippen LogP contribution in [0.4, 0.5) is 0 Å². The lowest BCUT2D eigenvalue weighted by molar-refractivity contribution is -0.156. The Morgan fingerprint density at radius 1 is 1.53 bits per heavy atom. The van der Waals surface area contributed by atoms with Gasteiger partial charge in [-0.1, -0.05) is 17.7 Å². The highest BCUT2D eigenvalue weighted by Gasteiger charge is 2.22. The van der Waals surface area contributed by atoms with Crippen molar-refractivity contribution in [2.24, 2.45) is 5.73 Å². The standard InChI is InChI=1S/C12H17ClN2O2/c1-12(2,3)17-11(16)9(14)6-8-4-5-10(13)15-7-8/h4-5,7,9H,6,14H2,1-3H3/t9-/m0/s1. The molecule has 0 aliphatic heterocycles. The zero-order valence-corrected chi connectivity index (χ0v) is 11.0. The van der Waals surface area contributed by atoms with Gasteiger partial charge in [-0.25, -0.2) is 4.98 Å². The van der Waals surface area contributed by atoms with Crippen molar-refractivity contribution in [2.45, 2.75) is 38.8 Å². The number of esters is 1. The average Bonchev–Trinajstić information content (AvgIpc) is 2.19. The summed E-state index contributed by atoms with van der Waals surface area (Å²) in [6.07, 6.45) is 1.99. The van der Waals surface area contributed by atoms with Crippen LogP contribution in [0.5, 0.6) is 0 Å². The van der Waals surface area contributed by atoms with Crippen LogP contribution in [0.3, 0.4) is 0 Å². The molecule has 2 N–H and O–H groups in total. The summed E-state index contributed by atoms with van der Waals surface area (Å²) in [5.74, 6) is -0.410. The summed E-state index contributed by atoms with van der Waals surface area (Å²) in [4.78, 5) is 15.6. The van der Waals surface area contributed by atoms with Gasteiger partial charge in [0, 0.05) is 6.20 Å². The van der Waals surface area contributed by atoms with Crippen LogP contribution in [0.1, 0.15) is 26.3 Å². The van der Waals surface area contributed by atoms with Crippen molar-refractivity contribution >= 4 is 17.6 Å². The SMILES string of the molecule is CC(C)(C)OC(=O)[C@@H](N)Cc1ccc(Cl)nc1. The van der Waals surface area contributed by atoms with Gasteiger partial charge in [-0.2, -0.15) is 0 Å². The number of halogens is 1. The van der Waals surface area contributed by atoms with Crippen molar-refractivity contribution in [3.05, 3.63) is 29.0 Å². The van der Waals surface area contributed by atoms with E-state index < -0.39 is 17.6 Å². The van der Waals surface area contributed by atoms with Gasteiger partial charge in [0.05, 0.1) is 0 Å². The van der Waals surface area contributed by atoms with E-state index >= 15 is 0 Å². The number of aromatic nitrogens is 1. The average molecular weight is 257 g/mol. The molecule has 0 fully saturated rings. The van der Waals surface area contributed by atoms with Crippen molar-refractivity contribution < 1.29 is 9.53 Å². The van der Waals surface area contributed by atoms with E-state index in [4.69, 9.17) is 22.1 Å². The van der Waals surface area contributed by atoms with E-state index in [-0.39, 0.29) is 0 Å². The Hall–Kier alpha value is -1.13. The molecule has 1 rings (SSSR count). The third-order valence-corrected chi connectivity index (χ3v) is 2.18. The predicted molar refractivity (Wildman–Crippen MR) is 66.8 cm³/mol. The zero-order chi connectivity index (χ0) is 13.1. The van der Waals surface area contributed by atoms with Crippen LogP contribution < -0.4 is 5.73 Å². The molecule has 1 aromatic heterocycles. The van der Waals surface area contributed by atoms with E-state index in [1.807, 2.05) is 20.8 Å². The molecule has 0 unspecified atom stereocenters. The molecule has 0 saturated carbocycles. The summed E-state index contributed by atoms with van der Waals surface area (Å²) in [7, 11) is 0. The third-order valence-electron chi connectivity index (χ3n) is 1.95.